The Morgan fingerprint density at radius 1 is 1.31 bits per heavy atom. The van der Waals surface area contributed by atoms with Crippen molar-refractivity contribution >= 4 is 23.4 Å². The first-order chi connectivity index (χ1) is 15.4. The summed E-state index contributed by atoms with van der Waals surface area (Å²) in [6.45, 7) is 1.36. The number of carbonyl (C=O) groups excluding carboxylic acids is 1. The van der Waals surface area contributed by atoms with Crippen LogP contribution in [0, 0.1) is 11.6 Å². The summed E-state index contributed by atoms with van der Waals surface area (Å²) in [5.41, 5.74) is 0.364. The fourth-order valence-corrected chi connectivity index (χ4v) is 2.75. The minimum Gasteiger partial charge on any atom is -0.494 e. The first-order valence-electron chi connectivity index (χ1n) is 9.67. The Hall–Kier alpha value is -3.80. The van der Waals surface area contributed by atoms with Crippen molar-refractivity contribution in [2.24, 2.45) is 0 Å². The molecule has 0 aliphatic heterocycles. The maximum absolute atomic E-state index is 14.3. The minimum absolute atomic E-state index is 0.0217. The molecular weight excluding hydrogens is 424 g/mol. The molecule has 32 heavy (non-hydrogen) atoms. The lowest BCUT2D eigenvalue weighted by atomic mass is 10.2. The van der Waals surface area contributed by atoms with E-state index in [1.807, 2.05) is 0 Å². The number of aliphatic hydroxyl groups excluding tert-OH is 1. The summed E-state index contributed by atoms with van der Waals surface area (Å²) in [6.07, 6.45) is 4.56. The average molecular weight is 447 g/mol. The van der Waals surface area contributed by atoms with Crippen LogP contribution < -0.4 is 20.7 Å². The number of ether oxygens (including phenoxy) is 1. The number of rotatable bonds is 10. The monoisotopic (exact) mass is 447 g/mol. The first kappa shape index (κ1) is 22.9. The molecule has 0 unspecified atom stereocenters. The van der Waals surface area contributed by atoms with Gasteiger partial charge in [-0.05, 0) is 25.1 Å². The van der Waals surface area contributed by atoms with Crippen molar-refractivity contribution in [1.29, 1.82) is 0 Å². The summed E-state index contributed by atoms with van der Waals surface area (Å²) in [4.78, 5) is 20.2. The van der Waals surface area contributed by atoms with E-state index in [1.54, 1.807) is 19.2 Å². The van der Waals surface area contributed by atoms with Gasteiger partial charge in [0.25, 0.3) is 0 Å². The van der Waals surface area contributed by atoms with Crippen LogP contribution in [0.1, 0.15) is 12.5 Å². The van der Waals surface area contributed by atoms with Crippen LogP contribution in [0.3, 0.4) is 0 Å². The molecule has 0 saturated heterocycles. The highest BCUT2D eigenvalue weighted by atomic mass is 19.1. The lowest BCUT2D eigenvalue weighted by molar-refractivity contribution is -0.122. The van der Waals surface area contributed by atoms with Crippen LogP contribution in [0.15, 0.2) is 36.8 Å². The number of nitrogens with zero attached hydrogens (tertiary/aromatic N) is 4. The summed E-state index contributed by atoms with van der Waals surface area (Å²) in [6, 6.07) is 3.56. The maximum Gasteiger partial charge on any atom is 0.242 e. The maximum atomic E-state index is 14.3. The molecule has 0 radical (unpaired) electrons. The molecule has 10 nitrogen and oxygen atoms in total. The summed E-state index contributed by atoms with van der Waals surface area (Å²) >= 11 is 0. The van der Waals surface area contributed by atoms with Crippen LogP contribution in [-0.4, -0.2) is 50.5 Å². The van der Waals surface area contributed by atoms with E-state index in [-0.39, 0.29) is 48.9 Å². The van der Waals surface area contributed by atoms with Crippen LogP contribution in [0.25, 0.3) is 0 Å². The van der Waals surface area contributed by atoms with Crippen molar-refractivity contribution < 1.29 is 23.4 Å². The van der Waals surface area contributed by atoms with Gasteiger partial charge in [0.05, 0.1) is 25.6 Å². The second-order valence-corrected chi connectivity index (χ2v) is 6.86. The van der Waals surface area contributed by atoms with Gasteiger partial charge in [0.15, 0.2) is 11.6 Å². The molecular formula is C20H23F2N7O3. The smallest absolute Gasteiger partial charge is 0.242 e. The third-order valence-electron chi connectivity index (χ3n) is 4.35. The van der Waals surface area contributed by atoms with Crippen molar-refractivity contribution in [3.8, 4) is 5.75 Å². The lowest BCUT2D eigenvalue weighted by Gasteiger charge is -2.11. The van der Waals surface area contributed by atoms with Gasteiger partial charge in [0.1, 0.15) is 18.2 Å². The average Bonchev–Trinajstić information content (AvgIpc) is 3.20. The SMILES string of the molecule is COc1ccc(F)c(CNc2ccnc(Nc3cnn(CC(=O)N[C@@H](C)CO)c3)n2)c1F. The molecule has 3 aromatic rings. The summed E-state index contributed by atoms with van der Waals surface area (Å²) in [7, 11) is 1.31. The number of nitrogens with one attached hydrogen (secondary N) is 3. The summed E-state index contributed by atoms with van der Waals surface area (Å²) in [5.74, 6) is -1.26. The zero-order valence-electron chi connectivity index (χ0n) is 17.5. The van der Waals surface area contributed by atoms with Gasteiger partial charge in [-0.1, -0.05) is 0 Å². The van der Waals surface area contributed by atoms with Crippen molar-refractivity contribution in [3.63, 3.8) is 0 Å². The number of carbonyl (C=O) groups is 1. The van der Waals surface area contributed by atoms with Crippen LogP contribution in [-0.2, 0) is 17.9 Å². The second kappa shape index (κ2) is 10.5. The predicted molar refractivity (Wildman–Crippen MR) is 112 cm³/mol. The van der Waals surface area contributed by atoms with Crippen molar-refractivity contribution in [2.75, 3.05) is 24.4 Å². The van der Waals surface area contributed by atoms with Crippen LogP contribution >= 0.6 is 0 Å². The number of hydrogen-bond acceptors (Lipinski definition) is 8. The molecule has 2 heterocycles. The minimum atomic E-state index is -0.780. The molecule has 170 valence electrons. The Bertz CT molecular complexity index is 1080. The van der Waals surface area contributed by atoms with E-state index in [0.717, 1.165) is 6.07 Å². The molecule has 0 aliphatic carbocycles. The van der Waals surface area contributed by atoms with Gasteiger partial charge >= 0.3 is 0 Å². The van der Waals surface area contributed by atoms with E-state index in [9.17, 15) is 13.6 Å². The van der Waals surface area contributed by atoms with Gasteiger partial charge in [-0.25, -0.2) is 13.8 Å². The Morgan fingerprint density at radius 2 is 2.12 bits per heavy atom. The fourth-order valence-electron chi connectivity index (χ4n) is 2.75. The third kappa shape index (κ3) is 5.88. The number of aliphatic hydroxyl groups is 1. The molecule has 1 aromatic carbocycles. The standard InChI is InChI=1S/C20H23F2N7O3/c1-12(11-30)26-18(31)10-29-9-13(7-25-29)27-20-23-6-5-17(28-20)24-8-14-15(21)3-4-16(32-2)19(14)22/h3-7,9,12,30H,8,10-11H2,1-2H3,(H,26,31)(H2,23,24,27,28)/t12-/m0/s1. The van der Waals surface area contributed by atoms with Crippen molar-refractivity contribution in [1.82, 2.24) is 25.1 Å². The Kier molecular flexibility index (Phi) is 7.49. The van der Waals surface area contributed by atoms with Gasteiger partial charge in [0.2, 0.25) is 11.9 Å². The van der Waals surface area contributed by atoms with Crippen LogP contribution in [0.5, 0.6) is 5.75 Å². The largest absolute Gasteiger partial charge is 0.494 e. The predicted octanol–water partition coefficient (Wildman–Crippen LogP) is 1.81. The molecule has 0 aliphatic rings. The Labute approximate surface area is 182 Å². The van der Waals surface area contributed by atoms with E-state index in [1.165, 1.54) is 30.3 Å². The van der Waals surface area contributed by atoms with Gasteiger partial charge in [-0.2, -0.15) is 10.1 Å². The number of halogens is 2. The molecule has 2 aromatic heterocycles. The Balaban J connectivity index is 1.62. The molecule has 12 heteroatoms. The van der Waals surface area contributed by atoms with Gasteiger partial charge < -0.3 is 25.8 Å². The van der Waals surface area contributed by atoms with E-state index in [0.29, 0.717) is 11.5 Å². The first-order valence-corrected chi connectivity index (χ1v) is 9.67. The van der Waals surface area contributed by atoms with Crippen LogP contribution in [0.4, 0.5) is 26.2 Å². The highest BCUT2D eigenvalue weighted by molar-refractivity contribution is 5.76. The molecule has 0 bridgehead atoms. The number of aromatic nitrogens is 4. The molecule has 3 rings (SSSR count). The zero-order chi connectivity index (χ0) is 23.1. The molecule has 0 saturated carbocycles. The van der Waals surface area contributed by atoms with Crippen molar-refractivity contribution in [2.45, 2.75) is 26.1 Å². The fraction of sp³-hybridized carbons (Fsp3) is 0.300. The number of methoxy groups -OCH3 is 1. The quantitative estimate of drug-likeness (QED) is 0.371. The van der Waals surface area contributed by atoms with E-state index >= 15 is 0 Å². The Morgan fingerprint density at radius 3 is 2.88 bits per heavy atom. The molecule has 0 spiro atoms. The van der Waals surface area contributed by atoms with E-state index < -0.39 is 11.6 Å². The third-order valence-corrected chi connectivity index (χ3v) is 4.35. The van der Waals surface area contributed by atoms with E-state index in [2.05, 4.69) is 31.0 Å². The van der Waals surface area contributed by atoms with Gasteiger partial charge in [0, 0.05) is 30.5 Å². The summed E-state index contributed by atoms with van der Waals surface area (Å²) < 4.78 is 34.6. The van der Waals surface area contributed by atoms with Gasteiger partial charge in [-0.3, -0.25) is 9.48 Å². The number of amides is 1. The zero-order valence-corrected chi connectivity index (χ0v) is 17.5. The second-order valence-electron chi connectivity index (χ2n) is 6.86. The summed E-state index contributed by atoms with van der Waals surface area (Å²) in [5, 5.41) is 21.5. The van der Waals surface area contributed by atoms with Crippen LogP contribution in [0.2, 0.25) is 0 Å². The molecule has 1 amide bonds. The number of anilines is 3. The lowest BCUT2D eigenvalue weighted by Crippen LogP contribution is -2.37. The number of hydrogen-bond donors (Lipinski definition) is 4. The van der Waals surface area contributed by atoms with Gasteiger partial charge in [-0.15, -0.1) is 0 Å². The molecule has 0 fully saturated rings. The highest BCUT2D eigenvalue weighted by Gasteiger charge is 2.14. The van der Waals surface area contributed by atoms with Crippen molar-refractivity contribution in [3.05, 3.63) is 54.0 Å². The number of benzene rings is 1. The topological polar surface area (TPSA) is 126 Å². The highest BCUT2D eigenvalue weighted by Crippen LogP contribution is 2.24. The normalized spacial score (nSPS) is 11.7. The molecule has 4 N–H and O–H groups in total. The molecule has 1 atom stereocenters. The van der Waals surface area contributed by atoms with E-state index in [4.69, 9.17) is 9.84 Å².